The van der Waals surface area contributed by atoms with E-state index in [2.05, 4.69) is 45.9 Å². The van der Waals surface area contributed by atoms with Gasteiger partial charge < -0.3 is 22.1 Å². The number of rotatable bonds is 11. The molecule has 2 rings (SSSR count). The molecule has 0 amide bonds. The second-order valence-corrected chi connectivity index (χ2v) is 11.3. The van der Waals surface area contributed by atoms with Gasteiger partial charge in [0.25, 0.3) is 20.2 Å². The monoisotopic (exact) mass is 608 g/mol. The third-order valence-electron chi connectivity index (χ3n) is 4.24. The van der Waals surface area contributed by atoms with Crippen molar-refractivity contribution >= 4 is 55.8 Å². The highest BCUT2D eigenvalue weighted by Crippen LogP contribution is 2.09. The molecule has 214 valence electrons. The van der Waals surface area contributed by atoms with Gasteiger partial charge in [0, 0.05) is 26.2 Å². The first-order chi connectivity index (χ1) is 17.6. The van der Waals surface area contributed by atoms with Crippen LogP contribution < -0.4 is 22.1 Å². The lowest BCUT2D eigenvalue weighted by molar-refractivity contribution is 0.481. The minimum absolute atomic E-state index is 0.0666. The third-order valence-corrected chi connectivity index (χ3v) is 6.26. The summed E-state index contributed by atoms with van der Waals surface area (Å²) in [6, 6.07) is 12.0. The van der Waals surface area contributed by atoms with E-state index >= 15 is 0 Å². The van der Waals surface area contributed by atoms with Crippen molar-refractivity contribution < 1.29 is 25.9 Å². The predicted molar refractivity (Wildman–Crippen MR) is 159 cm³/mol. The van der Waals surface area contributed by atoms with Crippen LogP contribution >= 0.6 is 25.3 Å². The molecule has 0 fully saturated rings. The van der Waals surface area contributed by atoms with Crippen molar-refractivity contribution in [1.82, 2.24) is 10.6 Å². The number of nitrogens with one attached hydrogen (secondary N) is 2. The summed E-state index contributed by atoms with van der Waals surface area (Å²) in [6.45, 7) is 8.33. The van der Waals surface area contributed by atoms with Crippen LogP contribution in [0.5, 0.6) is 0 Å². The predicted octanol–water partition coefficient (Wildman–Crippen LogP) is 1.14. The maximum absolute atomic E-state index is 10.5. The summed E-state index contributed by atoms with van der Waals surface area (Å²) in [5, 5.41) is 7.05. The molecule has 0 spiro atoms. The summed E-state index contributed by atoms with van der Waals surface area (Å²) in [7, 11) is -8.04. The van der Waals surface area contributed by atoms with Crippen LogP contribution in [0.1, 0.15) is 11.1 Å². The van der Waals surface area contributed by atoms with E-state index in [0.717, 1.165) is 37.3 Å². The van der Waals surface area contributed by atoms with E-state index in [0.29, 0.717) is 23.4 Å². The molecule has 38 heavy (non-hydrogen) atoms. The molecule has 0 radical (unpaired) electrons. The van der Waals surface area contributed by atoms with Gasteiger partial charge in [0.2, 0.25) is 0 Å². The molecular formula is C22H36N6O6S4. The maximum Gasteiger partial charge on any atom is 0.294 e. The molecule has 2 aromatic carbocycles. The van der Waals surface area contributed by atoms with Crippen molar-refractivity contribution in [3.05, 3.63) is 59.7 Å². The number of hydrogen-bond acceptors (Lipinski definition) is 8. The Morgan fingerprint density at radius 1 is 0.684 bits per heavy atom. The number of nitrogens with two attached hydrogens (primary N) is 2. The Balaban J connectivity index is 0.000000554. The zero-order valence-corrected chi connectivity index (χ0v) is 24.6. The molecule has 0 atom stereocenters. The van der Waals surface area contributed by atoms with E-state index in [4.69, 9.17) is 20.6 Å². The molecule has 0 aliphatic heterocycles. The number of thiol groups is 2. The lowest BCUT2D eigenvalue weighted by Crippen LogP contribution is -2.30. The van der Waals surface area contributed by atoms with Crippen molar-refractivity contribution in [1.29, 1.82) is 0 Å². The van der Waals surface area contributed by atoms with E-state index in [1.54, 1.807) is 24.3 Å². The SMILES string of the molecule is Cc1ccc(S(=O)(=O)O)cc1.Cc1ccc(S(=O)(=O)O)cc1.NC(S)=NCCNCCNCCN=C(N)S. The number of nitrogens with zero attached hydrogens (tertiary/aromatic N) is 2. The largest absolute Gasteiger partial charge is 0.379 e. The number of aliphatic imine (C=N–C) groups is 2. The van der Waals surface area contributed by atoms with Crippen molar-refractivity contribution in [3.63, 3.8) is 0 Å². The highest BCUT2D eigenvalue weighted by atomic mass is 32.2. The Morgan fingerprint density at radius 3 is 1.21 bits per heavy atom. The van der Waals surface area contributed by atoms with Crippen molar-refractivity contribution in [2.75, 3.05) is 39.3 Å². The zero-order valence-electron chi connectivity index (χ0n) is 21.1. The average molecular weight is 609 g/mol. The fraction of sp³-hybridized carbons (Fsp3) is 0.364. The van der Waals surface area contributed by atoms with Gasteiger partial charge in [0.05, 0.1) is 22.9 Å². The summed E-state index contributed by atoms with van der Waals surface area (Å²) in [6.07, 6.45) is 0. The second-order valence-electron chi connectivity index (χ2n) is 7.56. The third kappa shape index (κ3) is 19.9. The molecule has 0 saturated carbocycles. The van der Waals surface area contributed by atoms with Gasteiger partial charge in [-0.25, -0.2) is 0 Å². The highest BCUT2D eigenvalue weighted by Gasteiger charge is 2.07. The molecule has 0 unspecified atom stereocenters. The molecular weight excluding hydrogens is 573 g/mol. The van der Waals surface area contributed by atoms with E-state index < -0.39 is 20.2 Å². The Labute approximate surface area is 235 Å². The molecule has 0 aliphatic rings. The topological polar surface area (TPSA) is 210 Å². The number of amidine groups is 2. The van der Waals surface area contributed by atoms with Crippen molar-refractivity contribution in [2.45, 2.75) is 23.6 Å². The molecule has 0 aromatic heterocycles. The van der Waals surface area contributed by atoms with Crippen LogP contribution in [0, 0.1) is 13.8 Å². The van der Waals surface area contributed by atoms with Gasteiger partial charge in [0.15, 0.2) is 10.3 Å². The first kappa shape index (κ1) is 35.8. The highest BCUT2D eigenvalue weighted by molar-refractivity contribution is 7.97. The Bertz CT molecular complexity index is 1110. The Kier molecular flexibility index (Phi) is 17.9. The second kappa shape index (κ2) is 19.0. The normalized spacial score (nSPS) is 12.2. The van der Waals surface area contributed by atoms with Gasteiger partial charge >= 0.3 is 0 Å². The molecule has 0 heterocycles. The van der Waals surface area contributed by atoms with Crippen LogP contribution in [0.15, 0.2) is 68.3 Å². The molecule has 8 N–H and O–H groups in total. The minimum atomic E-state index is -4.02. The summed E-state index contributed by atoms with van der Waals surface area (Å²) in [5.41, 5.74) is 12.4. The van der Waals surface area contributed by atoms with E-state index in [-0.39, 0.29) is 9.79 Å². The Morgan fingerprint density at radius 2 is 0.974 bits per heavy atom. The summed E-state index contributed by atoms with van der Waals surface area (Å²) < 4.78 is 59.1. The molecule has 12 nitrogen and oxygen atoms in total. The van der Waals surface area contributed by atoms with Crippen LogP contribution in [0.25, 0.3) is 0 Å². The summed E-state index contributed by atoms with van der Waals surface area (Å²) in [5.74, 6) is 0. The number of hydrogen-bond donors (Lipinski definition) is 8. The smallest absolute Gasteiger partial charge is 0.294 e. The molecule has 0 aliphatic carbocycles. The average Bonchev–Trinajstić information content (AvgIpc) is 2.80. The van der Waals surface area contributed by atoms with Crippen LogP contribution in [-0.2, 0) is 20.2 Å². The van der Waals surface area contributed by atoms with E-state index in [1.165, 1.54) is 24.3 Å². The standard InChI is InChI=1S/C8H20N6S2.2C7H8O3S/c9-7(15)13-5-3-11-1-2-12-4-6-14-8(10)16;2*1-6-2-4-7(5-3-6)11(8,9)10/h11-12H,1-6H2,(H3,9,13,15)(H3,10,14,16);2*2-5H,1H3,(H,8,9,10). The van der Waals surface area contributed by atoms with E-state index in [9.17, 15) is 16.8 Å². The van der Waals surface area contributed by atoms with Gasteiger partial charge in [-0.1, -0.05) is 35.4 Å². The van der Waals surface area contributed by atoms with Crippen LogP contribution in [0.2, 0.25) is 0 Å². The minimum Gasteiger partial charge on any atom is -0.379 e. The van der Waals surface area contributed by atoms with Gasteiger partial charge in [-0.15, -0.1) is 25.3 Å². The van der Waals surface area contributed by atoms with E-state index in [1.807, 2.05) is 13.8 Å². The molecule has 2 aromatic rings. The fourth-order valence-electron chi connectivity index (χ4n) is 2.35. The first-order valence-electron chi connectivity index (χ1n) is 11.1. The van der Waals surface area contributed by atoms with Crippen molar-refractivity contribution in [2.24, 2.45) is 21.5 Å². The van der Waals surface area contributed by atoms with Gasteiger partial charge in [-0.2, -0.15) is 16.8 Å². The fourth-order valence-corrected chi connectivity index (χ4v) is 3.51. The van der Waals surface area contributed by atoms with Crippen LogP contribution in [-0.4, -0.2) is 75.5 Å². The number of aryl methyl sites for hydroxylation is 2. The summed E-state index contributed by atoms with van der Waals surface area (Å²) >= 11 is 7.71. The quantitative estimate of drug-likeness (QED) is 0.0599. The lowest BCUT2D eigenvalue weighted by atomic mass is 10.2. The Hall–Kier alpha value is -2.18. The van der Waals surface area contributed by atoms with Crippen molar-refractivity contribution in [3.8, 4) is 0 Å². The molecule has 0 bridgehead atoms. The molecule has 16 heteroatoms. The molecule has 0 saturated heterocycles. The number of benzene rings is 2. The zero-order chi connectivity index (χ0) is 29.2. The maximum atomic E-state index is 10.5. The van der Waals surface area contributed by atoms with Gasteiger partial charge in [-0.05, 0) is 38.1 Å². The summed E-state index contributed by atoms with van der Waals surface area (Å²) in [4.78, 5) is 7.72. The van der Waals surface area contributed by atoms with Crippen LogP contribution in [0.4, 0.5) is 0 Å². The first-order valence-corrected chi connectivity index (χ1v) is 14.9. The van der Waals surface area contributed by atoms with Gasteiger partial charge in [-0.3, -0.25) is 19.1 Å². The van der Waals surface area contributed by atoms with Gasteiger partial charge in [0.1, 0.15) is 0 Å². The lowest BCUT2D eigenvalue weighted by Gasteiger charge is -2.04. The van der Waals surface area contributed by atoms with Crippen LogP contribution in [0.3, 0.4) is 0 Å².